The van der Waals surface area contributed by atoms with Gasteiger partial charge in [0.2, 0.25) is 0 Å². The lowest BCUT2D eigenvalue weighted by Crippen LogP contribution is -2.18. The van der Waals surface area contributed by atoms with Crippen molar-refractivity contribution in [2.75, 3.05) is 30.8 Å². The van der Waals surface area contributed by atoms with Gasteiger partial charge in [0.15, 0.2) is 0 Å². The van der Waals surface area contributed by atoms with Gasteiger partial charge in [0.05, 0.1) is 17.3 Å². The van der Waals surface area contributed by atoms with E-state index in [1.807, 2.05) is 6.92 Å². The van der Waals surface area contributed by atoms with Crippen LogP contribution in [0, 0.1) is 0 Å². The first-order chi connectivity index (χ1) is 9.60. The molecular weight excluding hydrogens is 272 g/mol. The van der Waals surface area contributed by atoms with Crippen LogP contribution in [0.5, 0.6) is 0 Å². The first kappa shape index (κ1) is 15.2. The van der Waals surface area contributed by atoms with E-state index in [4.69, 9.17) is 10.5 Å². The minimum atomic E-state index is -0.285. The number of thiophene rings is 1. The van der Waals surface area contributed by atoms with Gasteiger partial charge in [-0.3, -0.25) is 0 Å². The van der Waals surface area contributed by atoms with Crippen molar-refractivity contribution in [3.05, 3.63) is 10.4 Å². The summed E-state index contributed by atoms with van der Waals surface area (Å²) in [7, 11) is 2.09. The fourth-order valence-corrected chi connectivity index (χ4v) is 3.53. The number of carbonyl (C=O) groups is 1. The molecule has 1 aromatic rings. The molecule has 0 saturated heterocycles. The predicted molar refractivity (Wildman–Crippen MR) is 84.8 cm³/mol. The second-order valence-electron chi connectivity index (χ2n) is 5.33. The van der Waals surface area contributed by atoms with E-state index in [2.05, 4.69) is 18.9 Å². The second-order valence-corrected chi connectivity index (χ2v) is 6.33. The van der Waals surface area contributed by atoms with Crippen molar-refractivity contribution in [3.63, 3.8) is 0 Å². The molecule has 5 heteroatoms. The van der Waals surface area contributed by atoms with E-state index in [1.54, 1.807) is 0 Å². The van der Waals surface area contributed by atoms with Gasteiger partial charge in [-0.25, -0.2) is 4.79 Å². The van der Waals surface area contributed by atoms with E-state index in [0.29, 0.717) is 23.1 Å². The third kappa shape index (κ3) is 3.08. The Bertz CT molecular complexity index is 480. The number of carbonyl (C=O) groups excluding carboxylic acids is 1. The summed E-state index contributed by atoms with van der Waals surface area (Å²) in [6.45, 7) is 5.38. The van der Waals surface area contributed by atoms with Crippen LogP contribution in [-0.2, 0) is 4.74 Å². The van der Waals surface area contributed by atoms with Crippen LogP contribution in [0.1, 0.15) is 60.7 Å². The Morgan fingerprint density at radius 2 is 2.15 bits per heavy atom. The highest BCUT2D eigenvalue weighted by Gasteiger charge is 2.34. The highest BCUT2D eigenvalue weighted by molar-refractivity contribution is 7.18. The van der Waals surface area contributed by atoms with Crippen LogP contribution in [0.2, 0.25) is 0 Å². The van der Waals surface area contributed by atoms with Gasteiger partial charge in [-0.1, -0.05) is 13.3 Å². The molecule has 4 nitrogen and oxygen atoms in total. The number of hydrogen-bond acceptors (Lipinski definition) is 5. The van der Waals surface area contributed by atoms with Crippen LogP contribution in [0.15, 0.2) is 0 Å². The Kier molecular flexibility index (Phi) is 4.91. The van der Waals surface area contributed by atoms with E-state index >= 15 is 0 Å². The molecule has 0 bridgehead atoms. The van der Waals surface area contributed by atoms with E-state index < -0.39 is 0 Å². The van der Waals surface area contributed by atoms with Crippen LogP contribution in [0.3, 0.4) is 0 Å². The smallest absolute Gasteiger partial charge is 0.350 e. The SMILES string of the molecule is CCCCN(C)c1sc(C(=O)OCC)c(N)c1C1CC1. The number of esters is 1. The van der Waals surface area contributed by atoms with Gasteiger partial charge >= 0.3 is 5.97 Å². The van der Waals surface area contributed by atoms with Crippen LogP contribution in [-0.4, -0.2) is 26.2 Å². The van der Waals surface area contributed by atoms with Crippen molar-refractivity contribution in [1.82, 2.24) is 0 Å². The van der Waals surface area contributed by atoms with Gasteiger partial charge in [0, 0.05) is 19.2 Å². The summed E-state index contributed by atoms with van der Waals surface area (Å²) in [5, 5.41) is 1.15. The fourth-order valence-electron chi connectivity index (χ4n) is 2.34. The third-order valence-corrected chi connectivity index (χ3v) is 4.92. The summed E-state index contributed by atoms with van der Waals surface area (Å²) in [5.41, 5.74) is 8.05. The summed E-state index contributed by atoms with van der Waals surface area (Å²) in [6, 6.07) is 0. The Labute approximate surface area is 124 Å². The quantitative estimate of drug-likeness (QED) is 0.781. The number of ether oxygens (including phenoxy) is 1. The van der Waals surface area contributed by atoms with Crippen molar-refractivity contribution < 1.29 is 9.53 Å². The van der Waals surface area contributed by atoms with Crippen molar-refractivity contribution in [2.45, 2.75) is 45.4 Å². The fraction of sp³-hybridized carbons (Fsp3) is 0.667. The Morgan fingerprint density at radius 1 is 1.45 bits per heavy atom. The van der Waals surface area contributed by atoms with E-state index in [1.165, 1.54) is 29.7 Å². The molecule has 1 heterocycles. The predicted octanol–water partition coefficient (Wildman–Crippen LogP) is 3.62. The summed E-state index contributed by atoms with van der Waals surface area (Å²) in [5.74, 6) is 0.251. The van der Waals surface area contributed by atoms with E-state index in [9.17, 15) is 4.79 Å². The standard InChI is InChI=1S/C15H24N2O2S/c1-4-6-9-17(3)14-11(10-7-8-10)12(16)13(20-14)15(18)19-5-2/h10H,4-9,16H2,1-3H3. The second kappa shape index (κ2) is 6.48. The van der Waals surface area contributed by atoms with Crippen LogP contribution < -0.4 is 10.6 Å². The average molecular weight is 296 g/mol. The van der Waals surface area contributed by atoms with Gasteiger partial charge in [-0.15, -0.1) is 11.3 Å². The average Bonchev–Trinajstić information content (AvgIpc) is 3.19. The minimum Gasteiger partial charge on any atom is -0.462 e. The zero-order valence-corrected chi connectivity index (χ0v) is 13.4. The molecule has 2 rings (SSSR count). The summed E-state index contributed by atoms with van der Waals surface area (Å²) in [4.78, 5) is 14.8. The molecule has 1 aliphatic rings. The lowest BCUT2D eigenvalue weighted by atomic mass is 10.1. The molecule has 0 spiro atoms. The number of hydrogen-bond donors (Lipinski definition) is 1. The first-order valence-corrected chi connectivity index (χ1v) is 8.22. The Morgan fingerprint density at radius 3 is 2.70 bits per heavy atom. The topological polar surface area (TPSA) is 55.6 Å². The summed E-state index contributed by atoms with van der Waals surface area (Å²) >= 11 is 1.49. The summed E-state index contributed by atoms with van der Waals surface area (Å²) in [6.07, 6.45) is 4.66. The Hall–Kier alpha value is -1.23. The third-order valence-electron chi connectivity index (χ3n) is 3.60. The van der Waals surface area contributed by atoms with Crippen LogP contribution in [0.25, 0.3) is 0 Å². The molecule has 2 N–H and O–H groups in total. The number of nitrogen functional groups attached to an aromatic ring is 1. The number of nitrogens with two attached hydrogens (primary N) is 1. The molecule has 0 unspecified atom stereocenters. The highest BCUT2D eigenvalue weighted by atomic mass is 32.1. The highest BCUT2D eigenvalue weighted by Crippen LogP contribution is 2.51. The molecule has 0 amide bonds. The molecule has 1 fully saturated rings. The zero-order chi connectivity index (χ0) is 14.7. The minimum absolute atomic E-state index is 0.285. The number of unbranched alkanes of at least 4 members (excludes halogenated alkanes) is 1. The maximum atomic E-state index is 12.0. The van der Waals surface area contributed by atoms with Crippen molar-refractivity contribution in [2.24, 2.45) is 0 Å². The number of rotatable bonds is 7. The molecule has 0 radical (unpaired) electrons. The van der Waals surface area contributed by atoms with Crippen LogP contribution in [0.4, 0.5) is 10.7 Å². The van der Waals surface area contributed by atoms with Crippen molar-refractivity contribution in [3.8, 4) is 0 Å². The molecule has 0 aliphatic heterocycles. The lowest BCUT2D eigenvalue weighted by Gasteiger charge is -2.19. The largest absolute Gasteiger partial charge is 0.462 e. The molecule has 1 aliphatic carbocycles. The first-order valence-electron chi connectivity index (χ1n) is 7.40. The monoisotopic (exact) mass is 296 g/mol. The lowest BCUT2D eigenvalue weighted by molar-refractivity contribution is 0.0533. The molecule has 0 aromatic carbocycles. The number of anilines is 2. The maximum absolute atomic E-state index is 12.0. The molecule has 20 heavy (non-hydrogen) atoms. The zero-order valence-electron chi connectivity index (χ0n) is 12.6. The van der Waals surface area contributed by atoms with Gasteiger partial charge in [0.1, 0.15) is 4.88 Å². The van der Waals surface area contributed by atoms with E-state index in [0.717, 1.165) is 24.4 Å². The van der Waals surface area contributed by atoms with Gasteiger partial charge in [-0.05, 0) is 32.1 Å². The van der Waals surface area contributed by atoms with E-state index in [-0.39, 0.29) is 5.97 Å². The molecule has 1 aromatic heterocycles. The van der Waals surface area contributed by atoms with Gasteiger partial charge in [0.25, 0.3) is 0 Å². The normalized spacial score (nSPS) is 14.3. The van der Waals surface area contributed by atoms with Gasteiger partial charge < -0.3 is 15.4 Å². The molecular formula is C15H24N2O2S. The molecule has 1 saturated carbocycles. The summed E-state index contributed by atoms with van der Waals surface area (Å²) < 4.78 is 5.11. The molecule has 112 valence electrons. The van der Waals surface area contributed by atoms with Crippen LogP contribution >= 0.6 is 11.3 Å². The van der Waals surface area contributed by atoms with Crippen molar-refractivity contribution in [1.29, 1.82) is 0 Å². The van der Waals surface area contributed by atoms with Gasteiger partial charge in [-0.2, -0.15) is 0 Å². The molecule has 0 atom stereocenters. The number of nitrogens with zero attached hydrogens (tertiary/aromatic N) is 1. The maximum Gasteiger partial charge on any atom is 0.350 e. The van der Waals surface area contributed by atoms with Crippen molar-refractivity contribution >= 4 is 28.0 Å². The Balaban J connectivity index is 2.30.